The topological polar surface area (TPSA) is 59.9 Å². The average Bonchev–Trinajstić information content (AvgIpc) is 3.48. The van der Waals surface area contributed by atoms with Gasteiger partial charge in [0, 0.05) is 30.9 Å². The molecule has 1 saturated carbocycles. The molecular weight excluding hydrogens is 319 g/mol. The lowest BCUT2D eigenvalue weighted by Gasteiger charge is -2.09. The average molecular weight is 336 g/mol. The lowest BCUT2D eigenvalue weighted by Crippen LogP contribution is -2.04. The summed E-state index contributed by atoms with van der Waals surface area (Å²) in [5.74, 6) is 2.97. The van der Waals surface area contributed by atoms with E-state index in [9.17, 15) is 4.39 Å². The van der Waals surface area contributed by atoms with E-state index in [0.29, 0.717) is 24.1 Å². The highest BCUT2D eigenvalue weighted by Gasteiger charge is 2.26. The number of nitrogens with zero attached hydrogens (tertiary/aromatic N) is 3. The molecule has 1 aliphatic carbocycles. The van der Waals surface area contributed by atoms with Crippen molar-refractivity contribution in [3.63, 3.8) is 0 Å². The minimum Gasteiger partial charge on any atom is -0.439 e. The van der Waals surface area contributed by atoms with Gasteiger partial charge >= 0.3 is 0 Å². The molecule has 1 N–H and O–H groups in total. The van der Waals surface area contributed by atoms with Gasteiger partial charge in [0.05, 0.1) is 0 Å². The van der Waals surface area contributed by atoms with Crippen LogP contribution < -0.4 is 10.1 Å². The van der Waals surface area contributed by atoms with E-state index in [4.69, 9.17) is 4.74 Å². The van der Waals surface area contributed by atoms with Crippen LogP contribution in [-0.4, -0.2) is 15.0 Å². The van der Waals surface area contributed by atoms with Crippen LogP contribution in [0.5, 0.6) is 11.6 Å². The summed E-state index contributed by atoms with van der Waals surface area (Å²) in [5, 5.41) is 3.30. The van der Waals surface area contributed by atoms with Crippen molar-refractivity contribution in [1.29, 1.82) is 0 Å². The number of hydrogen-bond donors (Lipinski definition) is 1. The summed E-state index contributed by atoms with van der Waals surface area (Å²) in [6.07, 6.45) is 5.83. The van der Waals surface area contributed by atoms with Crippen LogP contribution in [0.2, 0.25) is 0 Å². The molecule has 6 heteroatoms. The number of benzene rings is 1. The summed E-state index contributed by atoms with van der Waals surface area (Å²) < 4.78 is 18.6. The molecule has 0 aliphatic heterocycles. The van der Waals surface area contributed by atoms with Gasteiger partial charge in [0.15, 0.2) is 0 Å². The van der Waals surface area contributed by atoms with Crippen LogP contribution in [0.15, 0.2) is 54.9 Å². The summed E-state index contributed by atoms with van der Waals surface area (Å²) in [6.45, 7) is 0.601. The molecule has 1 aromatic carbocycles. The quantitative estimate of drug-likeness (QED) is 0.727. The Morgan fingerprint density at radius 1 is 1.04 bits per heavy atom. The molecule has 4 rings (SSSR count). The molecule has 0 amide bonds. The lowest BCUT2D eigenvalue weighted by molar-refractivity contribution is 0.460. The predicted molar refractivity (Wildman–Crippen MR) is 92.0 cm³/mol. The first kappa shape index (κ1) is 15.5. The van der Waals surface area contributed by atoms with E-state index in [1.807, 2.05) is 18.2 Å². The first-order valence-electron chi connectivity index (χ1n) is 8.21. The first-order chi connectivity index (χ1) is 12.3. The zero-order chi connectivity index (χ0) is 17.1. The second-order valence-corrected chi connectivity index (χ2v) is 5.99. The van der Waals surface area contributed by atoms with Crippen molar-refractivity contribution in [2.24, 2.45) is 0 Å². The van der Waals surface area contributed by atoms with Crippen LogP contribution in [0.4, 0.5) is 10.2 Å². The fraction of sp³-hybridized carbons (Fsp3) is 0.211. The van der Waals surface area contributed by atoms with E-state index in [0.717, 1.165) is 17.2 Å². The number of pyridine rings is 1. The van der Waals surface area contributed by atoms with Gasteiger partial charge in [-0.25, -0.2) is 19.3 Å². The molecule has 2 aromatic heterocycles. The minimum absolute atomic E-state index is 0.298. The minimum atomic E-state index is -0.298. The monoisotopic (exact) mass is 336 g/mol. The van der Waals surface area contributed by atoms with E-state index in [2.05, 4.69) is 20.3 Å². The molecule has 0 unspecified atom stereocenters. The molecule has 0 radical (unpaired) electrons. The van der Waals surface area contributed by atoms with Crippen molar-refractivity contribution in [3.05, 3.63) is 72.1 Å². The Labute approximate surface area is 144 Å². The highest BCUT2D eigenvalue weighted by atomic mass is 19.1. The van der Waals surface area contributed by atoms with Gasteiger partial charge in [-0.1, -0.05) is 0 Å². The fourth-order valence-electron chi connectivity index (χ4n) is 2.44. The van der Waals surface area contributed by atoms with Crippen LogP contribution in [0.1, 0.15) is 30.1 Å². The van der Waals surface area contributed by atoms with Crippen molar-refractivity contribution in [3.8, 4) is 11.6 Å². The van der Waals surface area contributed by atoms with E-state index in [1.165, 1.54) is 25.0 Å². The summed E-state index contributed by atoms with van der Waals surface area (Å²) in [6, 6.07) is 11.5. The third kappa shape index (κ3) is 4.09. The molecule has 1 aliphatic rings. The zero-order valence-electron chi connectivity index (χ0n) is 13.5. The smallest absolute Gasteiger partial charge is 0.219 e. The molecule has 0 spiro atoms. The Balaban J connectivity index is 1.41. The van der Waals surface area contributed by atoms with Gasteiger partial charge in [0.1, 0.15) is 23.2 Å². The summed E-state index contributed by atoms with van der Waals surface area (Å²) in [5.41, 5.74) is 1.01. The fourth-order valence-corrected chi connectivity index (χ4v) is 2.44. The molecule has 3 aromatic rings. The van der Waals surface area contributed by atoms with Crippen molar-refractivity contribution in [1.82, 2.24) is 15.0 Å². The number of nitrogens with one attached hydrogen (secondary N) is 1. The van der Waals surface area contributed by atoms with Crippen LogP contribution in [0.3, 0.4) is 0 Å². The number of halogens is 1. The van der Waals surface area contributed by atoms with E-state index in [1.54, 1.807) is 24.5 Å². The van der Waals surface area contributed by atoms with Crippen molar-refractivity contribution >= 4 is 5.82 Å². The Bertz CT molecular complexity index is 865. The van der Waals surface area contributed by atoms with Gasteiger partial charge in [-0.15, -0.1) is 0 Å². The summed E-state index contributed by atoms with van der Waals surface area (Å²) >= 11 is 0. The Hall–Kier alpha value is -3.02. The van der Waals surface area contributed by atoms with Crippen LogP contribution in [0.25, 0.3) is 0 Å². The van der Waals surface area contributed by atoms with Crippen molar-refractivity contribution in [2.45, 2.75) is 25.3 Å². The van der Waals surface area contributed by atoms with Crippen LogP contribution in [-0.2, 0) is 6.54 Å². The maximum absolute atomic E-state index is 12.9. The van der Waals surface area contributed by atoms with Gasteiger partial charge in [0.25, 0.3) is 0 Å². The molecule has 25 heavy (non-hydrogen) atoms. The first-order valence-corrected chi connectivity index (χ1v) is 8.21. The maximum Gasteiger partial charge on any atom is 0.219 e. The standard InChI is InChI=1S/C19H17FN4O/c20-15-3-5-16(6-4-15)25-18-11-13(7-9-21-18)12-23-17-8-10-22-19(24-17)14-1-2-14/h3-11,14H,1-2,12H2,(H,22,23,24). The number of anilines is 1. The Morgan fingerprint density at radius 2 is 1.84 bits per heavy atom. The molecule has 0 saturated heterocycles. The highest BCUT2D eigenvalue weighted by molar-refractivity contribution is 5.36. The number of ether oxygens (including phenoxy) is 1. The van der Waals surface area contributed by atoms with Gasteiger partial charge in [-0.3, -0.25) is 0 Å². The SMILES string of the molecule is Fc1ccc(Oc2cc(CNc3ccnc(C4CC4)n3)ccn2)cc1. The van der Waals surface area contributed by atoms with Gasteiger partial charge in [0.2, 0.25) is 5.88 Å². The van der Waals surface area contributed by atoms with E-state index < -0.39 is 0 Å². The number of hydrogen-bond acceptors (Lipinski definition) is 5. The largest absolute Gasteiger partial charge is 0.439 e. The Morgan fingerprint density at radius 3 is 2.64 bits per heavy atom. The van der Waals surface area contributed by atoms with Crippen molar-refractivity contribution in [2.75, 3.05) is 5.32 Å². The molecule has 1 fully saturated rings. The summed E-state index contributed by atoms with van der Waals surface area (Å²) in [4.78, 5) is 13.0. The molecule has 2 heterocycles. The second-order valence-electron chi connectivity index (χ2n) is 5.99. The molecule has 0 bridgehead atoms. The lowest BCUT2D eigenvalue weighted by atomic mass is 10.2. The van der Waals surface area contributed by atoms with Gasteiger partial charge in [-0.2, -0.15) is 0 Å². The van der Waals surface area contributed by atoms with E-state index in [-0.39, 0.29) is 5.82 Å². The van der Waals surface area contributed by atoms with Crippen LogP contribution >= 0.6 is 0 Å². The molecule has 126 valence electrons. The third-order valence-corrected chi connectivity index (χ3v) is 3.93. The maximum atomic E-state index is 12.9. The third-order valence-electron chi connectivity index (χ3n) is 3.93. The molecular formula is C19H17FN4O. The van der Waals surface area contributed by atoms with E-state index >= 15 is 0 Å². The molecule has 5 nitrogen and oxygen atoms in total. The van der Waals surface area contributed by atoms with Crippen molar-refractivity contribution < 1.29 is 9.13 Å². The normalized spacial score (nSPS) is 13.5. The van der Waals surface area contributed by atoms with Gasteiger partial charge < -0.3 is 10.1 Å². The predicted octanol–water partition coefficient (Wildman–Crippen LogP) is 4.29. The van der Waals surface area contributed by atoms with Crippen LogP contribution in [0, 0.1) is 5.82 Å². The Kier molecular flexibility index (Phi) is 4.24. The zero-order valence-corrected chi connectivity index (χ0v) is 13.5. The number of rotatable bonds is 6. The molecule has 0 atom stereocenters. The number of aromatic nitrogens is 3. The second kappa shape index (κ2) is 6.84. The summed E-state index contributed by atoms with van der Waals surface area (Å²) in [7, 11) is 0. The highest BCUT2D eigenvalue weighted by Crippen LogP contribution is 2.38. The van der Waals surface area contributed by atoms with Gasteiger partial charge in [-0.05, 0) is 54.8 Å².